The van der Waals surface area contributed by atoms with Crippen LogP contribution in [0, 0.1) is 0 Å². The highest BCUT2D eigenvalue weighted by atomic mass is 32.1. The van der Waals surface area contributed by atoms with Crippen molar-refractivity contribution in [3.8, 4) is 0 Å². The van der Waals surface area contributed by atoms with E-state index < -0.39 is 31.3 Å². The number of hydrogen-bond acceptors (Lipinski definition) is 5. The quantitative estimate of drug-likeness (QED) is 0.522. The third-order valence-electron chi connectivity index (χ3n) is 2.24. The van der Waals surface area contributed by atoms with E-state index in [9.17, 15) is 4.79 Å². The molecule has 4 N–H and O–H groups in total. The van der Waals surface area contributed by atoms with E-state index in [2.05, 4.69) is 5.32 Å². The fourth-order valence-electron chi connectivity index (χ4n) is 1.12. The summed E-state index contributed by atoms with van der Waals surface area (Å²) in [5, 5.41) is 31.3. The van der Waals surface area contributed by atoms with E-state index in [0.29, 0.717) is 0 Å². The van der Waals surface area contributed by atoms with Crippen LogP contribution in [0.1, 0.15) is 4.88 Å². The maximum absolute atomic E-state index is 11.5. The number of carbonyl (C=O) groups is 1. The second kappa shape index (κ2) is 6.51. The van der Waals surface area contributed by atoms with Crippen molar-refractivity contribution in [2.24, 2.45) is 0 Å². The predicted molar refractivity (Wildman–Crippen MR) is 65.5 cm³/mol. The lowest BCUT2D eigenvalue weighted by molar-refractivity contribution is -0.120. The van der Waals surface area contributed by atoms with E-state index in [0.717, 1.165) is 4.88 Å². The molecule has 5 nitrogen and oxygen atoms in total. The Labute approximate surface area is 103 Å². The van der Waals surface area contributed by atoms with Gasteiger partial charge in [0.25, 0.3) is 0 Å². The molecule has 0 unspecified atom stereocenters. The highest BCUT2D eigenvalue weighted by molar-refractivity contribution is 7.10. The average Bonchev–Trinajstić information content (AvgIpc) is 2.87. The molecule has 0 aliphatic rings. The van der Waals surface area contributed by atoms with E-state index in [1.165, 1.54) is 17.4 Å². The summed E-state index contributed by atoms with van der Waals surface area (Å²) < 4.78 is 0. The van der Waals surface area contributed by atoms with Gasteiger partial charge in [0.2, 0.25) is 5.91 Å². The summed E-state index contributed by atoms with van der Waals surface area (Å²) in [6.45, 7) is -1.59. The first-order valence-corrected chi connectivity index (χ1v) is 5.90. The molecule has 0 aliphatic carbocycles. The van der Waals surface area contributed by atoms with Gasteiger partial charge in [-0.15, -0.1) is 11.3 Å². The van der Waals surface area contributed by atoms with E-state index >= 15 is 0 Å². The molecule has 1 rings (SSSR count). The molecule has 0 aliphatic heterocycles. The molecule has 0 aromatic carbocycles. The van der Waals surface area contributed by atoms with Gasteiger partial charge in [0.05, 0.1) is 19.8 Å². The van der Waals surface area contributed by atoms with Gasteiger partial charge in [0.1, 0.15) is 5.54 Å². The van der Waals surface area contributed by atoms with Crippen LogP contribution in [0.4, 0.5) is 0 Å². The van der Waals surface area contributed by atoms with Gasteiger partial charge in [-0.25, -0.2) is 0 Å². The van der Waals surface area contributed by atoms with E-state index in [1.807, 2.05) is 17.5 Å². The van der Waals surface area contributed by atoms with Gasteiger partial charge in [-0.2, -0.15) is 0 Å². The molecule has 1 aromatic rings. The number of rotatable bonds is 6. The van der Waals surface area contributed by atoms with Crippen molar-refractivity contribution in [1.29, 1.82) is 0 Å². The van der Waals surface area contributed by atoms with E-state index in [-0.39, 0.29) is 0 Å². The second-order valence-electron chi connectivity index (χ2n) is 3.59. The molecule has 94 valence electrons. The van der Waals surface area contributed by atoms with Gasteiger partial charge in [-0.05, 0) is 17.5 Å². The summed E-state index contributed by atoms with van der Waals surface area (Å²) in [7, 11) is 0. The Kier molecular flexibility index (Phi) is 5.30. The largest absolute Gasteiger partial charge is 0.394 e. The third kappa shape index (κ3) is 3.94. The number of carbonyl (C=O) groups excluding carboxylic acids is 1. The van der Waals surface area contributed by atoms with Crippen molar-refractivity contribution < 1.29 is 20.1 Å². The highest BCUT2D eigenvalue weighted by Crippen LogP contribution is 2.10. The molecule has 1 aromatic heterocycles. The number of aliphatic hydroxyl groups excluding tert-OH is 3. The molecule has 0 radical (unpaired) electrons. The Hall–Kier alpha value is -1.21. The number of aliphatic hydroxyl groups is 3. The SMILES string of the molecule is O=C(/C=C/c1cccs1)NC(CO)(CO)CO. The van der Waals surface area contributed by atoms with Gasteiger partial charge in [-0.3, -0.25) is 4.79 Å². The van der Waals surface area contributed by atoms with Crippen LogP contribution in [-0.2, 0) is 4.79 Å². The summed E-state index contributed by atoms with van der Waals surface area (Å²) in [6.07, 6.45) is 2.92. The molecule has 0 saturated heterocycles. The minimum Gasteiger partial charge on any atom is -0.394 e. The summed E-state index contributed by atoms with van der Waals surface area (Å²) in [5.74, 6) is -0.476. The molecule has 0 atom stereocenters. The minimum atomic E-state index is -1.38. The van der Waals surface area contributed by atoms with Crippen molar-refractivity contribution >= 4 is 23.3 Å². The van der Waals surface area contributed by atoms with Crippen molar-refractivity contribution in [2.45, 2.75) is 5.54 Å². The van der Waals surface area contributed by atoms with Gasteiger partial charge in [-0.1, -0.05) is 6.07 Å². The highest BCUT2D eigenvalue weighted by Gasteiger charge is 2.29. The van der Waals surface area contributed by atoms with E-state index in [4.69, 9.17) is 15.3 Å². The van der Waals surface area contributed by atoms with Crippen LogP contribution in [0.25, 0.3) is 6.08 Å². The van der Waals surface area contributed by atoms with Crippen LogP contribution >= 0.6 is 11.3 Å². The van der Waals surface area contributed by atoms with Crippen molar-refractivity contribution in [1.82, 2.24) is 5.32 Å². The zero-order valence-electron chi connectivity index (χ0n) is 9.17. The fraction of sp³-hybridized carbons (Fsp3) is 0.364. The Morgan fingerprint density at radius 1 is 1.35 bits per heavy atom. The molecule has 17 heavy (non-hydrogen) atoms. The summed E-state index contributed by atoms with van der Waals surface area (Å²) >= 11 is 1.49. The monoisotopic (exact) mass is 257 g/mol. The Morgan fingerprint density at radius 3 is 2.47 bits per heavy atom. The first kappa shape index (κ1) is 13.9. The first-order valence-electron chi connectivity index (χ1n) is 5.02. The Morgan fingerprint density at radius 2 is 2.00 bits per heavy atom. The third-order valence-corrected chi connectivity index (χ3v) is 3.08. The van der Waals surface area contributed by atoms with Crippen LogP contribution < -0.4 is 5.32 Å². The maximum Gasteiger partial charge on any atom is 0.244 e. The van der Waals surface area contributed by atoms with Crippen molar-refractivity contribution in [3.63, 3.8) is 0 Å². The molecule has 0 spiro atoms. The standard InChI is InChI=1S/C11H15NO4S/c13-6-11(7-14,8-15)12-10(16)4-3-9-2-1-5-17-9/h1-5,13-15H,6-8H2,(H,12,16)/b4-3+. The van der Waals surface area contributed by atoms with Crippen LogP contribution in [0.15, 0.2) is 23.6 Å². The zero-order valence-corrected chi connectivity index (χ0v) is 9.98. The molecule has 1 amide bonds. The maximum atomic E-state index is 11.5. The van der Waals surface area contributed by atoms with Gasteiger partial charge in [0.15, 0.2) is 0 Å². The second-order valence-corrected chi connectivity index (χ2v) is 4.57. The lowest BCUT2D eigenvalue weighted by Crippen LogP contribution is -2.56. The number of nitrogens with one attached hydrogen (secondary N) is 1. The summed E-state index contributed by atoms with van der Waals surface area (Å²) in [5.41, 5.74) is -1.38. The number of amides is 1. The fourth-order valence-corrected chi connectivity index (χ4v) is 1.73. The molecule has 1 heterocycles. The van der Waals surface area contributed by atoms with E-state index in [1.54, 1.807) is 6.08 Å². The summed E-state index contributed by atoms with van der Waals surface area (Å²) in [4.78, 5) is 12.4. The van der Waals surface area contributed by atoms with Gasteiger partial charge >= 0.3 is 0 Å². The Bertz CT molecular complexity index is 363. The smallest absolute Gasteiger partial charge is 0.244 e. The Balaban J connectivity index is 2.59. The van der Waals surface area contributed by atoms with Gasteiger partial charge in [0, 0.05) is 11.0 Å². The van der Waals surface area contributed by atoms with Crippen LogP contribution in [0.5, 0.6) is 0 Å². The van der Waals surface area contributed by atoms with Crippen LogP contribution in [0.3, 0.4) is 0 Å². The normalized spacial score (nSPS) is 11.9. The molecule has 0 saturated carbocycles. The predicted octanol–water partition coefficient (Wildman–Crippen LogP) is -0.407. The number of hydrogen-bond donors (Lipinski definition) is 4. The summed E-state index contributed by atoms with van der Waals surface area (Å²) in [6, 6.07) is 3.72. The van der Waals surface area contributed by atoms with Gasteiger partial charge < -0.3 is 20.6 Å². The number of thiophene rings is 1. The molecule has 0 bridgehead atoms. The first-order chi connectivity index (χ1) is 8.15. The lowest BCUT2D eigenvalue weighted by atomic mass is 10.0. The van der Waals surface area contributed by atoms with Crippen LogP contribution in [0.2, 0.25) is 0 Å². The van der Waals surface area contributed by atoms with Crippen LogP contribution in [-0.4, -0.2) is 46.6 Å². The molecule has 6 heteroatoms. The van der Waals surface area contributed by atoms with Crippen molar-refractivity contribution in [3.05, 3.63) is 28.5 Å². The topological polar surface area (TPSA) is 89.8 Å². The minimum absolute atomic E-state index is 0.476. The molecular formula is C11H15NO4S. The average molecular weight is 257 g/mol. The lowest BCUT2D eigenvalue weighted by Gasteiger charge is -2.27. The zero-order chi connectivity index (χ0) is 12.7. The molecule has 0 fully saturated rings. The van der Waals surface area contributed by atoms with Crippen molar-refractivity contribution in [2.75, 3.05) is 19.8 Å². The molecular weight excluding hydrogens is 242 g/mol.